The second-order valence-corrected chi connectivity index (χ2v) is 11.3. The van der Waals surface area contributed by atoms with Gasteiger partial charge in [0, 0.05) is 18.3 Å². The third kappa shape index (κ3) is 3.89. The summed E-state index contributed by atoms with van der Waals surface area (Å²) >= 11 is 0. The summed E-state index contributed by atoms with van der Waals surface area (Å²) in [4.78, 5) is 4.32. The number of fused-ring (bicyclic) bond motifs is 3. The third-order valence-corrected chi connectivity index (χ3v) is 9.04. The molecule has 4 aromatic rings. The highest BCUT2D eigenvalue weighted by molar-refractivity contribution is 5.98. The van der Waals surface area contributed by atoms with Crippen molar-refractivity contribution in [2.45, 2.75) is 33.1 Å². The number of aromatic nitrogens is 1. The van der Waals surface area contributed by atoms with Crippen molar-refractivity contribution >= 4 is 21.9 Å². The van der Waals surface area contributed by atoms with Crippen molar-refractivity contribution in [3.63, 3.8) is 0 Å². The second-order valence-electron chi connectivity index (χ2n) is 11.3. The highest BCUT2D eigenvalue weighted by atomic mass is 14.6. The van der Waals surface area contributed by atoms with E-state index in [1.165, 1.54) is 44.2 Å². The molecule has 38 heavy (non-hydrogen) atoms. The molecule has 1 heteroatoms. The van der Waals surface area contributed by atoms with Gasteiger partial charge in [0.25, 0.3) is 0 Å². The van der Waals surface area contributed by atoms with Gasteiger partial charge in [0.1, 0.15) is 0 Å². The molecule has 0 amide bonds. The van der Waals surface area contributed by atoms with Gasteiger partial charge in [0.05, 0.1) is 0 Å². The Labute approximate surface area is 226 Å². The maximum atomic E-state index is 4.32. The Balaban J connectivity index is 1.43. The van der Waals surface area contributed by atoms with E-state index in [2.05, 4.69) is 110 Å². The molecule has 0 radical (unpaired) electrons. The predicted molar refractivity (Wildman–Crippen MR) is 160 cm³/mol. The highest BCUT2D eigenvalue weighted by Gasteiger charge is 2.38. The summed E-state index contributed by atoms with van der Waals surface area (Å²) in [5, 5.41) is 2.63. The Morgan fingerprint density at radius 3 is 2.21 bits per heavy atom. The molecule has 3 aliphatic carbocycles. The number of hydrogen-bond acceptors (Lipinski definition) is 1. The lowest BCUT2D eigenvalue weighted by molar-refractivity contribution is 0.358. The molecule has 0 N–H and O–H groups in total. The van der Waals surface area contributed by atoms with Crippen molar-refractivity contribution in [3.05, 3.63) is 137 Å². The maximum absolute atomic E-state index is 4.32. The highest BCUT2D eigenvalue weighted by Crippen LogP contribution is 2.55. The molecule has 1 heterocycles. The van der Waals surface area contributed by atoms with Crippen LogP contribution in [0.15, 0.2) is 126 Å². The first-order valence-electron chi connectivity index (χ1n) is 14.0. The van der Waals surface area contributed by atoms with Crippen LogP contribution in [0.4, 0.5) is 0 Å². The third-order valence-electron chi connectivity index (χ3n) is 9.04. The summed E-state index contributed by atoms with van der Waals surface area (Å²) in [6.45, 7) is 4.88. The number of benzene rings is 3. The van der Waals surface area contributed by atoms with E-state index in [4.69, 9.17) is 0 Å². The molecular weight excluding hydrogens is 458 g/mol. The Kier molecular flexibility index (Phi) is 5.73. The largest absolute Gasteiger partial charge is 0.264 e. The molecule has 1 aromatic heterocycles. The minimum atomic E-state index is 0.394. The van der Waals surface area contributed by atoms with Crippen LogP contribution in [0.25, 0.3) is 33.0 Å². The molecule has 0 saturated heterocycles. The topological polar surface area (TPSA) is 12.9 Å². The van der Waals surface area contributed by atoms with Gasteiger partial charge < -0.3 is 0 Å². The molecule has 1 nitrogen and oxygen atoms in total. The molecule has 0 aliphatic heterocycles. The predicted octanol–water partition coefficient (Wildman–Crippen LogP) is 9.69. The van der Waals surface area contributed by atoms with Crippen LogP contribution >= 0.6 is 0 Å². The van der Waals surface area contributed by atoms with Gasteiger partial charge in [-0.25, -0.2) is 0 Å². The molecule has 0 spiro atoms. The fraction of sp³-hybridized carbons (Fsp3) is 0.216. The number of hydrogen-bond donors (Lipinski definition) is 0. The van der Waals surface area contributed by atoms with Gasteiger partial charge in [-0.05, 0) is 104 Å². The minimum Gasteiger partial charge on any atom is -0.264 e. The van der Waals surface area contributed by atoms with E-state index >= 15 is 0 Å². The van der Waals surface area contributed by atoms with Crippen LogP contribution in [0.3, 0.4) is 0 Å². The van der Waals surface area contributed by atoms with Gasteiger partial charge in [-0.1, -0.05) is 98.8 Å². The van der Waals surface area contributed by atoms with Gasteiger partial charge in [-0.15, -0.1) is 0 Å². The molecule has 3 aromatic carbocycles. The van der Waals surface area contributed by atoms with E-state index < -0.39 is 0 Å². The zero-order chi connectivity index (χ0) is 25.6. The fourth-order valence-corrected chi connectivity index (χ4v) is 6.80. The zero-order valence-corrected chi connectivity index (χ0v) is 22.2. The van der Waals surface area contributed by atoms with Crippen molar-refractivity contribution in [1.29, 1.82) is 0 Å². The molecule has 1 saturated carbocycles. The van der Waals surface area contributed by atoms with Crippen molar-refractivity contribution < 1.29 is 0 Å². The molecule has 3 unspecified atom stereocenters. The lowest BCUT2D eigenvalue weighted by atomic mass is 9.62. The first kappa shape index (κ1) is 23.2. The fourth-order valence-electron chi connectivity index (χ4n) is 6.80. The summed E-state index contributed by atoms with van der Waals surface area (Å²) in [5.41, 5.74) is 12.9. The maximum Gasteiger partial charge on any atom is 0.0346 e. The number of allylic oxidation sites excluding steroid dienone is 8. The standard InChI is InChI=1S/C37H33N/c1-24-20-34-35(21-25(24)2)37(30-18-15-26-8-3-4-9-29(26)22-30)33-12-6-5-11-32(33)36(34)28-16-13-27(14-17-28)31-10-7-19-38-23-31/h3-10,12-19,22-25,32H,11,20-21H2,1-2H3. The van der Waals surface area contributed by atoms with Crippen LogP contribution < -0.4 is 0 Å². The van der Waals surface area contributed by atoms with E-state index in [9.17, 15) is 0 Å². The van der Waals surface area contributed by atoms with E-state index in [1.54, 1.807) is 16.7 Å². The molecular formula is C37H33N. The van der Waals surface area contributed by atoms with Crippen LogP contribution in [-0.4, -0.2) is 4.98 Å². The monoisotopic (exact) mass is 491 g/mol. The van der Waals surface area contributed by atoms with Crippen LogP contribution in [0, 0.1) is 17.8 Å². The van der Waals surface area contributed by atoms with Crippen LogP contribution in [0.5, 0.6) is 0 Å². The lowest BCUT2D eigenvalue weighted by Gasteiger charge is -2.41. The van der Waals surface area contributed by atoms with E-state index in [-0.39, 0.29) is 0 Å². The number of rotatable bonds is 3. The quantitative estimate of drug-likeness (QED) is 0.278. The normalized spacial score (nSPS) is 22.8. The number of pyridine rings is 1. The van der Waals surface area contributed by atoms with Gasteiger partial charge >= 0.3 is 0 Å². The average Bonchev–Trinajstić information content (AvgIpc) is 2.97. The summed E-state index contributed by atoms with van der Waals surface area (Å²) in [6.07, 6.45) is 14.2. The van der Waals surface area contributed by atoms with Crippen LogP contribution in [0.1, 0.15) is 44.2 Å². The Hall–Kier alpha value is -3.97. The Morgan fingerprint density at radius 1 is 0.684 bits per heavy atom. The molecule has 3 atom stereocenters. The smallest absolute Gasteiger partial charge is 0.0346 e. The summed E-state index contributed by atoms with van der Waals surface area (Å²) in [6, 6.07) is 29.2. The molecule has 0 bridgehead atoms. The van der Waals surface area contributed by atoms with E-state index in [0.717, 1.165) is 19.3 Å². The minimum absolute atomic E-state index is 0.394. The van der Waals surface area contributed by atoms with Gasteiger partial charge in [0.2, 0.25) is 0 Å². The van der Waals surface area contributed by atoms with Gasteiger partial charge in [-0.2, -0.15) is 0 Å². The summed E-state index contributed by atoms with van der Waals surface area (Å²) in [7, 11) is 0. The van der Waals surface area contributed by atoms with Gasteiger partial charge in [0.15, 0.2) is 0 Å². The number of nitrogens with zero attached hydrogens (tertiary/aromatic N) is 1. The molecule has 7 rings (SSSR count). The SMILES string of the molecule is CC1CC2=C(c3ccc4ccccc4c3)C3=CC=CCC3C(c3ccc(-c4cccnc4)cc3)=C2CC1C. The Bertz CT molecular complexity index is 1650. The molecule has 1 fully saturated rings. The average molecular weight is 492 g/mol. The summed E-state index contributed by atoms with van der Waals surface area (Å²) in [5.74, 6) is 1.75. The van der Waals surface area contributed by atoms with Crippen LogP contribution in [-0.2, 0) is 0 Å². The summed E-state index contributed by atoms with van der Waals surface area (Å²) < 4.78 is 0. The zero-order valence-electron chi connectivity index (χ0n) is 22.2. The first-order chi connectivity index (χ1) is 18.7. The van der Waals surface area contributed by atoms with Gasteiger partial charge in [-0.3, -0.25) is 4.98 Å². The second kappa shape index (κ2) is 9.40. The Morgan fingerprint density at radius 2 is 1.42 bits per heavy atom. The molecule has 3 aliphatic rings. The first-order valence-corrected chi connectivity index (χ1v) is 14.0. The van der Waals surface area contributed by atoms with E-state index in [0.29, 0.717) is 17.8 Å². The van der Waals surface area contributed by atoms with Crippen molar-refractivity contribution in [3.8, 4) is 11.1 Å². The molecule has 186 valence electrons. The lowest BCUT2D eigenvalue weighted by Crippen LogP contribution is -2.26. The van der Waals surface area contributed by atoms with E-state index in [1.807, 2.05) is 18.5 Å². The van der Waals surface area contributed by atoms with Crippen molar-refractivity contribution in [2.75, 3.05) is 0 Å². The van der Waals surface area contributed by atoms with Crippen LogP contribution in [0.2, 0.25) is 0 Å². The van der Waals surface area contributed by atoms with Crippen molar-refractivity contribution in [1.82, 2.24) is 4.98 Å². The van der Waals surface area contributed by atoms with Crippen molar-refractivity contribution in [2.24, 2.45) is 17.8 Å².